The predicted molar refractivity (Wildman–Crippen MR) is 84.2 cm³/mol. The monoisotopic (exact) mass is 297 g/mol. The van der Waals surface area contributed by atoms with Crippen LogP contribution in [-0.2, 0) is 0 Å². The van der Waals surface area contributed by atoms with Crippen molar-refractivity contribution in [2.24, 2.45) is 11.8 Å². The summed E-state index contributed by atoms with van der Waals surface area (Å²) in [6.45, 7) is 2.38. The molecule has 2 aliphatic rings. The molecule has 21 heavy (non-hydrogen) atoms. The third-order valence-corrected chi connectivity index (χ3v) is 5.15. The fourth-order valence-electron chi connectivity index (χ4n) is 3.76. The van der Waals surface area contributed by atoms with Crippen LogP contribution in [0.2, 0.25) is 0 Å². The van der Waals surface area contributed by atoms with Gasteiger partial charge in [-0.15, -0.1) is 0 Å². The van der Waals surface area contributed by atoms with Crippen molar-refractivity contribution in [1.82, 2.24) is 15.1 Å². The van der Waals surface area contributed by atoms with Crippen molar-refractivity contribution >= 4 is 6.03 Å². The summed E-state index contributed by atoms with van der Waals surface area (Å²) in [6, 6.07) is 0.471. The highest BCUT2D eigenvalue weighted by Gasteiger charge is 2.28. The first-order valence-corrected chi connectivity index (χ1v) is 8.42. The number of likely N-dealkylation sites (tertiary alicyclic amines) is 1. The fraction of sp³-hybridized carbons (Fsp3) is 0.938. The van der Waals surface area contributed by atoms with E-state index in [-0.39, 0.29) is 18.6 Å². The molecule has 0 radical (unpaired) electrons. The van der Waals surface area contributed by atoms with Crippen LogP contribution >= 0.6 is 0 Å². The summed E-state index contributed by atoms with van der Waals surface area (Å²) in [7, 11) is 4.23. The van der Waals surface area contributed by atoms with E-state index in [0.717, 1.165) is 19.5 Å². The van der Waals surface area contributed by atoms with E-state index in [1.165, 1.54) is 32.1 Å². The van der Waals surface area contributed by atoms with Gasteiger partial charge in [-0.05, 0) is 39.3 Å². The van der Waals surface area contributed by atoms with Gasteiger partial charge in [-0.1, -0.05) is 19.3 Å². The number of urea groups is 1. The number of amides is 2. The van der Waals surface area contributed by atoms with Crippen LogP contribution in [0.15, 0.2) is 0 Å². The fourth-order valence-corrected chi connectivity index (χ4v) is 3.76. The molecule has 2 N–H and O–H groups in total. The van der Waals surface area contributed by atoms with Crippen LogP contribution in [0.25, 0.3) is 0 Å². The van der Waals surface area contributed by atoms with Crippen LogP contribution in [-0.4, -0.2) is 67.3 Å². The van der Waals surface area contributed by atoms with Gasteiger partial charge in [-0.25, -0.2) is 4.79 Å². The second-order valence-electron chi connectivity index (χ2n) is 6.90. The van der Waals surface area contributed by atoms with Crippen molar-refractivity contribution in [3.63, 3.8) is 0 Å². The maximum Gasteiger partial charge on any atom is 0.317 e. The molecule has 0 bridgehead atoms. The molecule has 122 valence electrons. The number of hydrogen-bond acceptors (Lipinski definition) is 3. The van der Waals surface area contributed by atoms with E-state index in [0.29, 0.717) is 18.5 Å². The van der Waals surface area contributed by atoms with Crippen molar-refractivity contribution < 1.29 is 9.90 Å². The molecule has 1 aliphatic carbocycles. The predicted octanol–water partition coefficient (Wildman–Crippen LogP) is 1.52. The number of aliphatic hydroxyl groups is 1. The van der Waals surface area contributed by atoms with E-state index in [1.807, 2.05) is 4.90 Å². The van der Waals surface area contributed by atoms with Crippen molar-refractivity contribution in [3.8, 4) is 0 Å². The molecule has 1 saturated heterocycles. The summed E-state index contributed by atoms with van der Waals surface area (Å²) in [5.74, 6) is 0.969. The average Bonchev–Trinajstić information content (AvgIpc) is 2.97. The van der Waals surface area contributed by atoms with E-state index in [2.05, 4.69) is 24.3 Å². The van der Waals surface area contributed by atoms with Crippen molar-refractivity contribution in [2.45, 2.75) is 44.6 Å². The zero-order valence-corrected chi connectivity index (χ0v) is 13.6. The van der Waals surface area contributed by atoms with Gasteiger partial charge in [-0.3, -0.25) is 0 Å². The summed E-state index contributed by atoms with van der Waals surface area (Å²) in [4.78, 5) is 16.3. The van der Waals surface area contributed by atoms with Gasteiger partial charge in [0, 0.05) is 38.2 Å². The summed E-state index contributed by atoms with van der Waals surface area (Å²) >= 11 is 0. The Labute approximate surface area is 128 Å². The first-order chi connectivity index (χ1) is 10.1. The number of nitrogens with one attached hydrogen (secondary N) is 1. The molecule has 0 aromatic heterocycles. The van der Waals surface area contributed by atoms with E-state index in [9.17, 15) is 4.79 Å². The number of rotatable bonds is 5. The lowest BCUT2D eigenvalue weighted by Crippen LogP contribution is -2.48. The number of aliphatic hydroxyl groups excluding tert-OH is 1. The van der Waals surface area contributed by atoms with Crippen LogP contribution < -0.4 is 5.32 Å². The molecule has 5 heteroatoms. The number of hydrogen-bond donors (Lipinski definition) is 2. The highest BCUT2D eigenvalue weighted by molar-refractivity contribution is 5.74. The SMILES string of the molecule is CN(C)C(CNC(=O)N1CCC(CO)C1)C1CCCCC1. The number of carbonyl (C=O) groups excluding carboxylic acids is 1. The minimum atomic E-state index is 0.0357. The highest BCUT2D eigenvalue weighted by atomic mass is 16.3. The molecule has 1 heterocycles. The lowest BCUT2D eigenvalue weighted by Gasteiger charge is -2.35. The average molecular weight is 297 g/mol. The Balaban J connectivity index is 1.79. The van der Waals surface area contributed by atoms with Crippen LogP contribution in [0, 0.1) is 11.8 Å². The van der Waals surface area contributed by atoms with Crippen LogP contribution in [0.3, 0.4) is 0 Å². The molecule has 0 aromatic rings. The first kappa shape index (κ1) is 16.6. The van der Waals surface area contributed by atoms with Crippen LogP contribution in [0.4, 0.5) is 4.79 Å². The number of likely N-dealkylation sites (N-methyl/N-ethyl adjacent to an activating group) is 1. The van der Waals surface area contributed by atoms with Crippen LogP contribution in [0.1, 0.15) is 38.5 Å². The Morgan fingerprint density at radius 2 is 2.00 bits per heavy atom. The van der Waals surface area contributed by atoms with Gasteiger partial charge in [0.1, 0.15) is 0 Å². The molecular weight excluding hydrogens is 266 g/mol. The normalized spacial score (nSPS) is 25.3. The third kappa shape index (κ3) is 4.58. The highest BCUT2D eigenvalue weighted by Crippen LogP contribution is 2.28. The van der Waals surface area contributed by atoms with E-state index >= 15 is 0 Å². The molecule has 5 nitrogen and oxygen atoms in total. The van der Waals surface area contributed by atoms with Crippen molar-refractivity contribution in [2.75, 3.05) is 40.3 Å². The molecule has 2 unspecified atom stereocenters. The molecule has 1 saturated carbocycles. The van der Waals surface area contributed by atoms with E-state index < -0.39 is 0 Å². The minimum absolute atomic E-state index is 0.0357. The smallest absolute Gasteiger partial charge is 0.317 e. The standard InChI is InChI=1S/C16H31N3O2/c1-18(2)15(14-6-4-3-5-7-14)10-17-16(21)19-9-8-13(11-19)12-20/h13-15,20H,3-12H2,1-2H3,(H,17,21). The molecular formula is C16H31N3O2. The number of carbonyl (C=O) groups is 1. The Kier molecular flexibility index (Phi) is 6.30. The second kappa shape index (κ2) is 7.99. The zero-order chi connectivity index (χ0) is 15.2. The Hall–Kier alpha value is -0.810. The summed E-state index contributed by atoms with van der Waals surface area (Å²) < 4.78 is 0. The number of nitrogens with zero attached hydrogens (tertiary/aromatic N) is 2. The molecule has 2 amide bonds. The Morgan fingerprint density at radius 1 is 1.29 bits per heavy atom. The lowest BCUT2D eigenvalue weighted by molar-refractivity contribution is 0.159. The van der Waals surface area contributed by atoms with Crippen LogP contribution in [0.5, 0.6) is 0 Å². The van der Waals surface area contributed by atoms with Gasteiger partial charge in [0.05, 0.1) is 0 Å². The first-order valence-electron chi connectivity index (χ1n) is 8.42. The van der Waals surface area contributed by atoms with Gasteiger partial charge in [0.25, 0.3) is 0 Å². The zero-order valence-electron chi connectivity index (χ0n) is 13.6. The Morgan fingerprint density at radius 3 is 2.57 bits per heavy atom. The van der Waals surface area contributed by atoms with Gasteiger partial charge >= 0.3 is 6.03 Å². The maximum atomic E-state index is 12.2. The maximum absolute atomic E-state index is 12.2. The molecule has 1 aliphatic heterocycles. The van der Waals surface area contributed by atoms with E-state index in [1.54, 1.807) is 0 Å². The van der Waals surface area contributed by atoms with E-state index in [4.69, 9.17) is 5.11 Å². The van der Waals surface area contributed by atoms with Gasteiger partial charge < -0.3 is 20.2 Å². The van der Waals surface area contributed by atoms with Crippen molar-refractivity contribution in [1.29, 1.82) is 0 Å². The molecule has 2 fully saturated rings. The quantitative estimate of drug-likeness (QED) is 0.809. The van der Waals surface area contributed by atoms with Crippen molar-refractivity contribution in [3.05, 3.63) is 0 Å². The van der Waals surface area contributed by atoms with Gasteiger partial charge in [0.2, 0.25) is 0 Å². The third-order valence-electron chi connectivity index (χ3n) is 5.15. The summed E-state index contributed by atoms with van der Waals surface area (Å²) in [5, 5.41) is 12.3. The Bertz CT molecular complexity index is 329. The summed E-state index contributed by atoms with van der Waals surface area (Å²) in [5.41, 5.74) is 0. The summed E-state index contributed by atoms with van der Waals surface area (Å²) in [6.07, 6.45) is 7.51. The molecule has 2 atom stereocenters. The van der Waals surface area contributed by atoms with Gasteiger partial charge in [-0.2, -0.15) is 0 Å². The molecule has 0 spiro atoms. The second-order valence-corrected chi connectivity index (χ2v) is 6.90. The van der Waals surface area contributed by atoms with Gasteiger partial charge in [0.15, 0.2) is 0 Å². The minimum Gasteiger partial charge on any atom is -0.396 e. The topological polar surface area (TPSA) is 55.8 Å². The molecule has 2 rings (SSSR count). The lowest BCUT2D eigenvalue weighted by atomic mass is 9.83. The molecule has 0 aromatic carbocycles. The largest absolute Gasteiger partial charge is 0.396 e.